The lowest BCUT2D eigenvalue weighted by Gasteiger charge is -2.22. The van der Waals surface area contributed by atoms with Crippen molar-refractivity contribution in [2.75, 3.05) is 19.0 Å². The molecule has 0 aliphatic rings. The molecule has 5 nitrogen and oxygen atoms in total. The molecule has 0 radical (unpaired) electrons. The van der Waals surface area contributed by atoms with Crippen LogP contribution in [0.4, 0.5) is 5.00 Å². The molecule has 4 rings (SSSR count). The van der Waals surface area contributed by atoms with Gasteiger partial charge in [0.2, 0.25) is 5.91 Å². The number of ether oxygens (including phenoxy) is 1. The molecule has 178 valence electrons. The summed E-state index contributed by atoms with van der Waals surface area (Å²) in [6, 6.07) is 27.3. The van der Waals surface area contributed by atoms with Crippen LogP contribution in [0.25, 0.3) is 11.1 Å². The zero-order valence-corrected chi connectivity index (χ0v) is 20.8. The fraction of sp³-hybridized carbons (Fsp3) is 0.143. The number of benzene rings is 3. The second-order valence-corrected chi connectivity index (χ2v) is 9.33. The van der Waals surface area contributed by atoms with Crippen LogP contribution in [0.2, 0.25) is 5.02 Å². The molecule has 0 unspecified atom stereocenters. The molecule has 35 heavy (non-hydrogen) atoms. The minimum atomic E-state index is -0.503. The van der Waals surface area contributed by atoms with E-state index in [1.807, 2.05) is 78.2 Å². The number of rotatable bonds is 9. The van der Waals surface area contributed by atoms with Gasteiger partial charge in [0.05, 0.1) is 13.7 Å². The molecule has 1 heterocycles. The monoisotopic (exact) mass is 504 g/mol. The molecule has 1 amide bonds. The van der Waals surface area contributed by atoms with E-state index in [0.29, 0.717) is 34.2 Å². The maximum absolute atomic E-state index is 13.1. The molecule has 1 N–H and O–H groups in total. The lowest BCUT2D eigenvalue weighted by molar-refractivity contribution is -0.117. The highest BCUT2D eigenvalue weighted by Crippen LogP contribution is 2.36. The van der Waals surface area contributed by atoms with Gasteiger partial charge in [0.15, 0.2) is 0 Å². The molecule has 0 fully saturated rings. The van der Waals surface area contributed by atoms with Gasteiger partial charge in [-0.05, 0) is 28.8 Å². The SMILES string of the molecule is COC(=O)c1c(-c2ccc(Cl)cc2)csc1NC(=O)CN(Cc1ccccc1)Cc1ccccc1. The third-order valence-electron chi connectivity index (χ3n) is 5.45. The van der Waals surface area contributed by atoms with Crippen LogP contribution in [0.5, 0.6) is 0 Å². The van der Waals surface area contributed by atoms with Gasteiger partial charge < -0.3 is 10.1 Å². The second kappa shape index (κ2) is 11.8. The molecule has 3 aromatic carbocycles. The highest BCUT2D eigenvalue weighted by molar-refractivity contribution is 7.15. The molecule has 0 atom stereocenters. The van der Waals surface area contributed by atoms with Gasteiger partial charge in [0, 0.05) is 29.1 Å². The first kappa shape index (κ1) is 24.7. The van der Waals surface area contributed by atoms with Crippen LogP contribution < -0.4 is 5.32 Å². The number of nitrogens with one attached hydrogen (secondary N) is 1. The van der Waals surface area contributed by atoms with E-state index in [0.717, 1.165) is 16.7 Å². The first-order valence-corrected chi connectivity index (χ1v) is 12.3. The van der Waals surface area contributed by atoms with E-state index in [2.05, 4.69) is 10.2 Å². The summed E-state index contributed by atoms with van der Waals surface area (Å²) in [6.45, 7) is 1.40. The Labute approximate surface area is 213 Å². The summed E-state index contributed by atoms with van der Waals surface area (Å²) in [5.74, 6) is -0.705. The van der Waals surface area contributed by atoms with Crippen LogP contribution in [-0.4, -0.2) is 30.4 Å². The van der Waals surface area contributed by atoms with Crippen molar-refractivity contribution < 1.29 is 14.3 Å². The normalized spacial score (nSPS) is 10.8. The van der Waals surface area contributed by atoms with Crippen molar-refractivity contribution in [2.24, 2.45) is 0 Å². The Morgan fingerprint density at radius 2 is 1.46 bits per heavy atom. The number of halogens is 1. The summed E-state index contributed by atoms with van der Waals surface area (Å²) < 4.78 is 5.02. The molecule has 0 saturated carbocycles. The Morgan fingerprint density at radius 1 is 0.886 bits per heavy atom. The molecule has 0 spiro atoms. The third kappa shape index (κ3) is 6.57. The van der Waals surface area contributed by atoms with Crippen molar-refractivity contribution in [2.45, 2.75) is 13.1 Å². The fourth-order valence-electron chi connectivity index (χ4n) is 3.82. The summed E-state index contributed by atoms with van der Waals surface area (Å²) in [6.07, 6.45) is 0. The number of anilines is 1. The highest BCUT2D eigenvalue weighted by atomic mass is 35.5. The zero-order valence-electron chi connectivity index (χ0n) is 19.2. The van der Waals surface area contributed by atoms with E-state index < -0.39 is 5.97 Å². The Balaban J connectivity index is 1.54. The lowest BCUT2D eigenvalue weighted by Crippen LogP contribution is -2.32. The van der Waals surface area contributed by atoms with Crippen LogP contribution in [0.1, 0.15) is 21.5 Å². The summed E-state index contributed by atoms with van der Waals surface area (Å²) in [7, 11) is 1.33. The van der Waals surface area contributed by atoms with Crippen LogP contribution in [-0.2, 0) is 22.6 Å². The number of hydrogen-bond acceptors (Lipinski definition) is 5. The van der Waals surface area contributed by atoms with Gasteiger partial charge in [-0.3, -0.25) is 9.69 Å². The van der Waals surface area contributed by atoms with Gasteiger partial charge in [-0.1, -0.05) is 84.4 Å². The molecular formula is C28H25ClN2O3S. The summed E-state index contributed by atoms with van der Waals surface area (Å²) in [5, 5.41) is 5.85. The van der Waals surface area contributed by atoms with Gasteiger partial charge in [-0.15, -0.1) is 11.3 Å². The number of esters is 1. The van der Waals surface area contributed by atoms with Crippen molar-refractivity contribution in [1.29, 1.82) is 0 Å². The van der Waals surface area contributed by atoms with Crippen LogP contribution in [0.15, 0.2) is 90.3 Å². The zero-order chi connectivity index (χ0) is 24.6. The molecule has 7 heteroatoms. The number of hydrogen-bond donors (Lipinski definition) is 1. The smallest absolute Gasteiger partial charge is 0.341 e. The Bertz CT molecular complexity index is 1230. The number of methoxy groups -OCH3 is 1. The minimum absolute atomic E-state index is 0.165. The number of carbonyl (C=O) groups excluding carboxylic acids is 2. The molecular weight excluding hydrogens is 480 g/mol. The molecule has 0 aliphatic carbocycles. The van der Waals surface area contributed by atoms with Gasteiger partial charge in [0.25, 0.3) is 0 Å². The highest BCUT2D eigenvalue weighted by Gasteiger charge is 2.23. The van der Waals surface area contributed by atoms with Gasteiger partial charge in [-0.25, -0.2) is 4.79 Å². The summed E-state index contributed by atoms with van der Waals surface area (Å²) in [4.78, 5) is 27.9. The number of carbonyl (C=O) groups is 2. The minimum Gasteiger partial charge on any atom is -0.465 e. The maximum Gasteiger partial charge on any atom is 0.341 e. The Morgan fingerprint density at radius 3 is 2.00 bits per heavy atom. The van der Waals surface area contributed by atoms with Crippen molar-refractivity contribution in [3.05, 3.63) is 112 Å². The molecule has 0 aliphatic heterocycles. The van der Waals surface area contributed by atoms with E-state index in [1.165, 1.54) is 18.4 Å². The van der Waals surface area contributed by atoms with Crippen LogP contribution in [0, 0.1) is 0 Å². The second-order valence-electron chi connectivity index (χ2n) is 8.02. The number of amides is 1. The van der Waals surface area contributed by atoms with Crippen molar-refractivity contribution >= 4 is 39.8 Å². The Kier molecular flexibility index (Phi) is 8.32. The standard InChI is InChI=1S/C28H25ClN2O3S/c1-34-28(33)26-24(22-12-14-23(29)15-13-22)19-35-27(26)30-25(32)18-31(16-20-8-4-2-5-9-20)17-21-10-6-3-7-11-21/h2-15,19H,16-18H2,1H3,(H,30,32). The average Bonchev–Trinajstić information content (AvgIpc) is 3.28. The van der Waals surface area contributed by atoms with E-state index in [-0.39, 0.29) is 12.5 Å². The quantitative estimate of drug-likeness (QED) is 0.264. The summed E-state index contributed by atoms with van der Waals surface area (Å²) >= 11 is 7.31. The number of thiophene rings is 1. The van der Waals surface area contributed by atoms with Gasteiger partial charge >= 0.3 is 5.97 Å². The van der Waals surface area contributed by atoms with E-state index in [4.69, 9.17) is 16.3 Å². The van der Waals surface area contributed by atoms with Crippen LogP contribution in [0.3, 0.4) is 0 Å². The van der Waals surface area contributed by atoms with E-state index >= 15 is 0 Å². The van der Waals surface area contributed by atoms with E-state index in [9.17, 15) is 9.59 Å². The Hall–Kier alpha value is -3.45. The first-order valence-electron chi connectivity index (χ1n) is 11.1. The van der Waals surface area contributed by atoms with Crippen molar-refractivity contribution in [3.8, 4) is 11.1 Å². The molecule has 0 bridgehead atoms. The largest absolute Gasteiger partial charge is 0.465 e. The topological polar surface area (TPSA) is 58.6 Å². The predicted molar refractivity (Wildman–Crippen MR) is 142 cm³/mol. The van der Waals surface area contributed by atoms with Gasteiger partial charge in [0.1, 0.15) is 10.6 Å². The maximum atomic E-state index is 13.1. The third-order valence-corrected chi connectivity index (χ3v) is 6.60. The van der Waals surface area contributed by atoms with Gasteiger partial charge in [-0.2, -0.15) is 0 Å². The van der Waals surface area contributed by atoms with Crippen molar-refractivity contribution in [1.82, 2.24) is 4.90 Å². The fourth-order valence-corrected chi connectivity index (χ4v) is 4.92. The summed E-state index contributed by atoms with van der Waals surface area (Å²) in [5.41, 5.74) is 4.09. The van der Waals surface area contributed by atoms with Crippen molar-refractivity contribution in [3.63, 3.8) is 0 Å². The van der Waals surface area contributed by atoms with E-state index in [1.54, 1.807) is 12.1 Å². The molecule has 0 saturated heterocycles. The molecule has 4 aromatic rings. The molecule has 1 aromatic heterocycles. The number of nitrogens with zero attached hydrogens (tertiary/aromatic N) is 1. The first-order chi connectivity index (χ1) is 17.0. The predicted octanol–water partition coefficient (Wildman–Crippen LogP) is 6.50. The average molecular weight is 505 g/mol. The van der Waals surface area contributed by atoms with Crippen LogP contribution >= 0.6 is 22.9 Å². The lowest BCUT2D eigenvalue weighted by atomic mass is 10.0.